The van der Waals surface area contributed by atoms with Gasteiger partial charge in [-0.15, -0.1) is 0 Å². The molecule has 0 spiro atoms. The van der Waals surface area contributed by atoms with E-state index in [-0.39, 0.29) is 22.6 Å². The molecule has 0 aromatic heterocycles. The van der Waals surface area contributed by atoms with Crippen molar-refractivity contribution in [3.63, 3.8) is 0 Å². The van der Waals surface area contributed by atoms with Crippen molar-refractivity contribution in [3.8, 4) is 5.75 Å². The number of nitrogens with zero attached hydrogens (tertiary/aromatic N) is 1. The fourth-order valence-electron chi connectivity index (χ4n) is 1.21. The van der Waals surface area contributed by atoms with E-state index in [1.807, 2.05) is 0 Å². The number of phenolic OH excluding ortho intramolecular Hbond substituents is 1. The van der Waals surface area contributed by atoms with Crippen molar-refractivity contribution in [1.82, 2.24) is 0 Å². The lowest BCUT2D eigenvalue weighted by atomic mass is 10.3. The maximum absolute atomic E-state index is 11.3. The van der Waals surface area contributed by atoms with Gasteiger partial charge in [0, 0.05) is 0 Å². The molecule has 2 rings (SSSR count). The number of hydrogen-bond donors (Lipinski definition) is 1. The predicted molar refractivity (Wildman–Crippen MR) is 53.4 cm³/mol. The molecule has 1 aliphatic heterocycles. The zero-order valence-electron chi connectivity index (χ0n) is 7.14. The molecule has 0 radical (unpaired) electrons. The number of hydrogen-bond acceptors (Lipinski definition) is 4. The van der Waals surface area contributed by atoms with Crippen molar-refractivity contribution in [3.05, 3.63) is 24.3 Å². The van der Waals surface area contributed by atoms with Gasteiger partial charge in [0.15, 0.2) is 0 Å². The minimum atomic E-state index is -0.263. The Hall–Kier alpha value is -1.49. The van der Waals surface area contributed by atoms with E-state index >= 15 is 0 Å². The number of carbonyl (C=O) groups excluding carboxylic acids is 2. The summed E-state index contributed by atoms with van der Waals surface area (Å²) in [6, 6.07) is 5.96. The molecular formula is C9H7NO3S. The van der Waals surface area contributed by atoms with Crippen LogP contribution >= 0.6 is 11.8 Å². The number of thioether (sulfide) groups is 1. The van der Waals surface area contributed by atoms with E-state index in [1.54, 1.807) is 0 Å². The quantitative estimate of drug-likeness (QED) is 0.763. The molecule has 5 heteroatoms. The molecule has 1 fully saturated rings. The maximum atomic E-state index is 11.3. The van der Waals surface area contributed by atoms with Crippen LogP contribution in [0.4, 0.5) is 10.5 Å². The third-order valence-electron chi connectivity index (χ3n) is 1.86. The van der Waals surface area contributed by atoms with Crippen molar-refractivity contribution in [1.29, 1.82) is 0 Å². The van der Waals surface area contributed by atoms with Crippen LogP contribution in [0.1, 0.15) is 0 Å². The predicted octanol–water partition coefficient (Wildman–Crippen LogP) is 1.59. The highest BCUT2D eigenvalue weighted by atomic mass is 32.2. The van der Waals surface area contributed by atoms with E-state index in [9.17, 15) is 9.59 Å². The average Bonchev–Trinajstić information content (AvgIpc) is 2.49. The van der Waals surface area contributed by atoms with Gasteiger partial charge in [0.05, 0.1) is 11.4 Å². The number of carbonyl (C=O) groups is 2. The highest BCUT2D eigenvalue weighted by Crippen LogP contribution is 2.27. The van der Waals surface area contributed by atoms with Crippen LogP contribution in [-0.2, 0) is 4.79 Å². The lowest BCUT2D eigenvalue weighted by Gasteiger charge is -2.12. The van der Waals surface area contributed by atoms with Gasteiger partial charge in [-0.25, -0.2) is 4.90 Å². The van der Waals surface area contributed by atoms with E-state index in [0.717, 1.165) is 16.7 Å². The van der Waals surface area contributed by atoms with Gasteiger partial charge in [-0.05, 0) is 24.3 Å². The summed E-state index contributed by atoms with van der Waals surface area (Å²) in [6.07, 6.45) is 0. The second-order valence-electron chi connectivity index (χ2n) is 2.80. The van der Waals surface area contributed by atoms with Gasteiger partial charge < -0.3 is 5.11 Å². The topological polar surface area (TPSA) is 57.6 Å². The van der Waals surface area contributed by atoms with Crippen LogP contribution in [0, 0.1) is 0 Å². The van der Waals surface area contributed by atoms with Gasteiger partial charge in [0.25, 0.3) is 5.24 Å². The zero-order chi connectivity index (χ0) is 10.1. The van der Waals surface area contributed by atoms with Crippen LogP contribution < -0.4 is 4.90 Å². The standard InChI is InChI=1S/C9H7NO3S/c11-7-3-1-6(2-4-7)10-8(12)5-14-9(10)13/h1-4,11H,5H2. The summed E-state index contributed by atoms with van der Waals surface area (Å²) in [7, 11) is 0. The van der Waals surface area contributed by atoms with Gasteiger partial charge in [0.2, 0.25) is 5.91 Å². The van der Waals surface area contributed by atoms with Gasteiger partial charge in [-0.1, -0.05) is 11.8 Å². The van der Waals surface area contributed by atoms with E-state index in [2.05, 4.69) is 0 Å². The van der Waals surface area contributed by atoms with Crippen LogP contribution in [0.5, 0.6) is 5.75 Å². The van der Waals surface area contributed by atoms with Crippen molar-refractivity contribution >= 4 is 28.6 Å². The number of anilines is 1. The molecule has 14 heavy (non-hydrogen) atoms. The van der Waals surface area contributed by atoms with E-state index in [1.165, 1.54) is 24.3 Å². The number of rotatable bonds is 1. The average molecular weight is 209 g/mol. The van der Waals surface area contributed by atoms with Crippen LogP contribution in [0.15, 0.2) is 24.3 Å². The Morgan fingerprint density at radius 1 is 1.21 bits per heavy atom. The zero-order valence-corrected chi connectivity index (χ0v) is 7.95. The number of benzene rings is 1. The Bertz CT molecular complexity index is 372. The first kappa shape index (κ1) is 9.08. The van der Waals surface area contributed by atoms with Crippen LogP contribution in [0.25, 0.3) is 0 Å². The van der Waals surface area contributed by atoms with E-state index in [4.69, 9.17) is 5.11 Å². The molecule has 0 unspecified atom stereocenters. The Morgan fingerprint density at radius 3 is 2.36 bits per heavy atom. The normalized spacial score (nSPS) is 16.4. The van der Waals surface area contributed by atoms with Gasteiger partial charge in [-0.3, -0.25) is 9.59 Å². The molecule has 1 N–H and O–H groups in total. The number of aromatic hydroxyl groups is 1. The molecule has 4 nitrogen and oxygen atoms in total. The molecule has 0 saturated carbocycles. The molecule has 0 bridgehead atoms. The number of amides is 2. The number of imide groups is 1. The van der Waals surface area contributed by atoms with Crippen molar-refractivity contribution in [2.45, 2.75) is 0 Å². The number of phenols is 1. The molecule has 1 saturated heterocycles. The third-order valence-corrected chi connectivity index (χ3v) is 2.68. The highest BCUT2D eigenvalue weighted by molar-refractivity contribution is 8.15. The molecule has 1 aromatic rings. The molecule has 0 atom stereocenters. The van der Waals surface area contributed by atoms with Gasteiger partial charge in [-0.2, -0.15) is 0 Å². The second-order valence-corrected chi connectivity index (χ2v) is 3.73. The highest BCUT2D eigenvalue weighted by Gasteiger charge is 2.30. The van der Waals surface area contributed by atoms with Crippen molar-refractivity contribution in [2.75, 3.05) is 10.7 Å². The minimum absolute atomic E-state index is 0.112. The largest absolute Gasteiger partial charge is 0.508 e. The van der Waals surface area contributed by atoms with Crippen LogP contribution in [0.2, 0.25) is 0 Å². The summed E-state index contributed by atoms with van der Waals surface area (Å²) in [6.45, 7) is 0. The second kappa shape index (κ2) is 3.34. The SMILES string of the molecule is O=C1CSC(=O)N1c1ccc(O)cc1. The molecule has 0 aliphatic carbocycles. The monoisotopic (exact) mass is 209 g/mol. The molecule has 1 heterocycles. The third kappa shape index (κ3) is 1.46. The Balaban J connectivity index is 2.34. The molecule has 1 aliphatic rings. The fourth-order valence-corrected chi connectivity index (χ4v) is 1.92. The lowest BCUT2D eigenvalue weighted by molar-refractivity contribution is -0.115. The van der Waals surface area contributed by atoms with Crippen molar-refractivity contribution < 1.29 is 14.7 Å². The molecule has 2 amide bonds. The molecular weight excluding hydrogens is 202 g/mol. The minimum Gasteiger partial charge on any atom is -0.508 e. The summed E-state index contributed by atoms with van der Waals surface area (Å²) in [5, 5.41) is 8.77. The Morgan fingerprint density at radius 2 is 1.86 bits per heavy atom. The first-order chi connectivity index (χ1) is 6.68. The van der Waals surface area contributed by atoms with Crippen molar-refractivity contribution in [2.24, 2.45) is 0 Å². The first-order valence-electron chi connectivity index (χ1n) is 3.97. The van der Waals surface area contributed by atoms with Gasteiger partial charge >= 0.3 is 0 Å². The summed E-state index contributed by atoms with van der Waals surface area (Å²) in [5.74, 6) is 0.0888. The van der Waals surface area contributed by atoms with Gasteiger partial charge in [0.1, 0.15) is 5.75 Å². The Labute approximate surface area is 84.5 Å². The fraction of sp³-hybridized carbons (Fsp3) is 0.111. The molecule has 1 aromatic carbocycles. The van der Waals surface area contributed by atoms with E-state index < -0.39 is 0 Å². The van der Waals surface area contributed by atoms with Crippen LogP contribution in [0.3, 0.4) is 0 Å². The lowest BCUT2D eigenvalue weighted by Crippen LogP contribution is -2.27. The first-order valence-corrected chi connectivity index (χ1v) is 4.96. The van der Waals surface area contributed by atoms with E-state index in [0.29, 0.717) is 5.69 Å². The summed E-state index contributed by atoms with van der Waals surface area (Å²) >= 11 is 0.987. The molecule has 72 valence electrons. The summed E-state index contributed by atoms with van der Waals surface area (Å²) < 4.78 is 0. The maximum Gasteiger partial charge on any atom is 0.293 e. The Kier molecular flexibility index (Phi) is 2.17. The van der Waals surface area contributed by atoms with Crippen LogP contribution in [-0.4, -0.2) is 22.0 Å². The summed E-state index contributed by atoms with van der Waals surface area (Å²) in [5.41, 5.74) is 0.503. The summed E-state index contributed by atoms with van der Waals surface area (Å²) in [4.78, 5) is 23.7. The smallest absolute Gasteiger partial charge is 0.293 e.